The van der Waals surface area contributed by atoms with Crippen molar-refractivity contribution in [3.05, 3.63) is 89.5 Å². The van der Waals surface area contributed by atoms with Crippen LogP contribution in [0, 0.1) is 20.8 Å². The van der Waals surface area contributed by atoms with Gasteiger partial charge in [0.15, 0.2) is 0 Å². The van der Waals surface area contributed by atoms with E-state index >= 15 is 0 Å². The van der Waals surface area contributed by atoms with Gasteiger partial charge in [-0.05, 0) is 56.6 Å². The van der Waals surface area contributed by atoms with Crippen molar-refractivity contribution in [1.29, 1.82) is 0 Å². The zero-order chi connectivity index (χ0) is 25.8. The van der Waals surface area contributed by atoms with E-state index < -0.39 is 24.5 Å². The first kappa shape index (κ1) is 26.1. The molecule has 1 saturated heterocycles. The maximum Gasteiger partial charge on any atom is 0.355 e. The third-order valence-electron chi connectivity index (χ3n) is 8.54. The van der Waals surface area contributed by atoms with Crippen molar-refractivity contribution < 1.29 is 0 Å². The Balaban J connectivity index is 1.95. The van der Waals surface area contributed by atoms with E-state index in [1.807, 2.05) is 0 Å². The van der Waals surface area contributed by atoms with Crippen LogP contribution < -0.4 is 14.1 Å². The molecule has 0 spiro atoms. The molecule has 184 valence electrons. The first-order valence-corrected chi connectivity index (χ1v) is 22.2. The van der Waals surface area contributed by atoms with E-state index in [4.69, 9.17) is 0 Å². The molecule has 1 fully saturated rings. The lowest BCUT2D eigenvalue weighted by molar-refractivity contribution is 1.18. The predicted molar refractivity (Wildman–Crippen MR) is 166 cm³/mol. The summed E-state index contributed by atoms with van der Waals surface area (Å²) < 4.78 is 5.75. The fraction of sp³-hybridized carbons (Fsp3) is 0.379. The first-order chi connectivity index (χ1) is 16.3. The van der Waals surface area contributed by atoms with Gasteiger partial charge in [0.25, 0.3) is 0 Å². The van der Waals surface area contributed by atoms with Crippen molar-refractivity contribution in [3.8, 4) is 0 Å². The van der Waals surface area contributed by atoms with Gasteiger partial charge in [-0.2, -0.15) is 0 Å². The third kappa shape index (κ3) is 4.49. The van der Waals surface area contributed by atoms with Gasteiger partial charge in [0.1, 0.15) is 16.5 Å². The molecule has 35 heavy (non-hydrogen) atoms. The lowest BCUT2D eigenvalue weighted by Crippen LogP contribution is -2.84. The number of aryl methyl sites for hydroxylation is 3. The molecule has 0 saturated carbocycles. The Morgan fingerprint density at radius 2 is 0.914 bits per heavy atom. The second kappa shape index (κ2) is 9.13. The second-order valence-electron chi connectivity index (χ2n) is 12.4. The number of hydrogen-bond acceptors (Lipinski definition) is 2. The molecule has 0 unspecified atom stereocenters. The normalized spacial score (nSPS) is 18.2. The monoisotopic (exact) mass is 514 g/mol. The first-order valence-electron chi connectivity index (χ1n) is 13.1. The van der Waals surface area contributed by atoms with Crippen LogP contribution in [0.5, 0.6) is 0 Å². The van der Waals surface area contributed by atoms with Crippen LogP contribution in [0.1, 0.15) is 16.7 Å². The average molecular weight is 515 g/mol. The van der Waals surface area contributed by atoms with Crippen LogP contribution in [-0.4, -0.2) is 31.5 Å². The van der Waals surface area contributed by atoms with E-state index in [0.717, 1.165) is 4.79 Å². The summed E-state index contributed by atoms with van der Waals surface area (Å²) in [7, 11) is -5.65. The highest BCUT2D eigenvalue weighted by Crippen LogP contribution is 2.50. The highest BCUT2D eigenvalue weighted by atomic mass is 28.5. The van der Waals surface area contributed by atoms with Crippen molar-refractivity contribution in [2.45, 2.75) is 71.7 Å². The Hall–Kier alpha value is -2.02. The van der Waals surface area contributed by atoms with Gasteiger partial charge in [-0.15, -0.1) is 0 Å². The quantitative estimate of drug-likeness (QED) is 0.332. The van der Waals surface area contributed by atoms with Crippen LogP contribution in [0.2, 0.25) is 50.9 Å². The van der Waals surface area contributed by atoms with E-state index in [0.29, 0.717) is 6.98 Å². The Morgan fingerprint density at radius 1 is 0.600 bits per heavy atom. The van der Waals surface area contributed by atoms with Gasteiger partial charge in [-0.3, -0.25) is 0 Å². The Kier molecular flexibility index (Phi) is 6.79. The topological polar surface area (TPSA) is 6.48 Å². The number of hydrogen-bond donors (Lipinski definition) is 0. The van der Waals surface area contributed by atoms with Gasteiger partial charge in [0.2, 0.25) is 0 Å². The molecule has 2 nitrogen and oxygen atoms in total. The summed E-state index contributed by atoms with van der Waals surface area (Å²) in [5, 5.41) is 1.61. The zero-order valence-corrected chi connectivity index (χ0v) is 26.5. The summed E-state index contributed by atoms with van der Waals surface area (Å²) in [6.07, 6.45) is 0. The SMILES string of the molecule is CB1N(c2ccc(C)cc2)[Si](C)(C)C([Si](C)(C)c2ccc(C)cc2)[Si](C)(C)N1c1ccc(C)cc1. The number of nitrogens with zero attached hydrogens (tertiary/aromatic N) is 2. The van der Waals surface area contributed by atoms with E-state index in [1.165, 1.54) is 28.1 Å². The summed E-state index contributed by atoms with van der Waals surface area (Å²) in [4.78, 5) is 0.740. The van der Waals surface area contributed by atoms with Crippen LogP contribution in [0.15, 0.2) is 72.8 Å². The van der Waals surface area contributed by atoms with Crippen molar-refractivity contribution in [2.24, 2.45) is 0 Å². The molecule has 0 atom stereocenters. The smallest absolute Gasteiger partial charge is 0.355 e. The van der Waals surface area contributed by atoms with E-state index in [9.17, 15) is 0 Å². The Labute approximate surface area is 217 Å². The van der Waals surface area contributed by atoms with E-state index in [-0.39, 0.29) is 0 Å². The molecule has 0 amide bonds. The lowest BCUT2D eigenvalue weighted by Gasteiger charge is -2.65. The van der Waals surface area contributed by atoms with Gasteiger partial charge in [0.05, 0.1) is 8.07 Å². The second-order valence-corrected chi connectivity index (χ2v) is 27.4. The molecule has 1 aliphatic heterocycles. The number of anilines is 2. The molecule has 4 rings (SSSR count). The highest BCUT2D eigenvalue weighted by molar-refractivity contribution is 7.25. The minimum atomic E-state index is -1.91. The van der Waals surface area contributed by atoms with Gasteiger partial charge < -0.3 is 8.95 Å². The van der Waals surface area contributed by atoms with Crippen molar-refractivity contribution in [3.63, 3.8) is 0 Å². The van der Waals surface area contributed by atoms with Gasteiger partial charge in [-0.25, -0.2) is 0 Å². The Morgan fingerprint density at radius 3 is 1.26 bits per heavy atom. The molecule has 0 bridgehead atoms. The van der Waals surface area contributed by atoms with Crippen LogP contribution in [0.4, 0.5) is 11.4 Å². The van der Waals surface area contributed by atoms with Crippen molar-refractivity contribution in [1.82, 2.24) is 0 Å². The third-order valence-corrected chi connectivity index (χ3v) is 31.2. The van der Waals surface area contributed by atoms with E-state index in [2.05, 4.69) is 149 Å². The van der Waals surface area contributed by atoms with Crippen molar-refractivity contribution in [2.75, 3.05) is 8.95 Å². The van der Waals surface area contributed by atoms with Gasteiger partial charge >= 0.3 is 6.98 Å². The Bertz CT molecular complexity index is 1110. The average Bonchev–Trinajstić information content (AvgIpc) is 2.75. The van der Waals surface area contributed by atoms with Crippen LogP contribution in [0.3, 0.4) is 0 Å². The molecule has 6 heteroatoms. The maximum absolute atomic E-state index is 2.87. The highest BCUT2D eigenvalue weighted by Gasteiger charge is 2.63. The summed E-state index contributed by atoms with van der Waals surface area (Å²) in [6.45, 7) is 25.4. The van der Waals surface area contributed by atoms with Crippen LogP contribution in [0.25, 0.3) is 0 Å². The summed E-state index contributed by atoms with van der Waals surface area (Å²) in [5.74, 6) is 0. The molecule has 0 aliphatic carbocycles. The number of rotatable bonds is 4. The largest absolute Gasteiger partial charge is 0.424 e. The zero-order valence-electron chi connectivity index (χ0n) is 23.5. The van der Waals surface area contributed by atoms with Gasteiger partial charge in [0, 0.05) is 11.4 Å². The van der Waals surface area contributed by atoms with Crippen molar-refractivity contribution >= 4 is 48.1 Å². The van der Waals surface area contributed by atoms with Crippen LogP contribution in [-0.2, 0) is 0 Å². The minimum absolute atomic E-state index is 0.336. The maximum atomic E-state index is 2.87. The van der Waals surface area contributed by atoms with E-state index in [1.54, 1.807) is 5.19 Å². The lowest BCUT2D eigenvalue weighted by atomic mass is 9.79. The molecular formula is C29H43BN2Si3. The molecule has 0 N–H and O–H groups in total. The number of benzene rings is 3. The molecule has 1 aliphatic rings. The molecule has 3 aromatic carbocycles. The molecule has 0 radical (unpaired) electrons. The standard InChI is InChI=1S/C29H43BN2Si3/c1-23-11-17-26(18-12-23)31-30(4)32(27-19-13-24(2)14-20-27)35(9,10)29(34(31,7)8)33(5,6)28-21-15-25(3)16-22-28/h11-22,29H,1-10H3. The minimum Gasteiger partial charge on any atom is -0.424 e. The molecule has 3 aromatic rings. The summed E-state index contributed by atoms with van der Waals surface area (Å²) in [6, 6.07) is 28.2. The summed E-state index contributed by atoms with van der Waals surface area (Å²) in [5.41, 5.74) is 6.79. The fourth-order valence-electron chi connectivity index (χ4n) is 7.64. The fourth-order valence-corrected chi connectivity index (χ4v) is 37.2. The molecule has 0 aromatic heterocycles. The molecule has 1 heterocycles. The molecular weight excluding hydrogens is 471 g/mol. The van der Waals surface area contributed by atoms with Gasteiger partial charge in [-0.1, -0.05) is 110 Å². The van der Waals surface area contributed by atoms with Crippen LogP contribution >= 0.6 is 0 Å². The summed E-state index contributed by atoms with van der Waals surface area (Å²) >= 11 is 0. The predicted octanol–water partition coefficient (Wildman–Crippen LogP) is 7.53.